The molecule has 2 N–H and O–H groups in total. The molecule has 94 valence electrons. The lowest BCUT2D eigenvalue weighted by molar-refractivity contribution is -0.0106. The molecule has 0 radical (unpaired) electrons. The van der Waals surface area contributed by atoms with Gasteiger partial charge in [0.05, 0.1) is 5.60 Å². The Bertz CT molecular complexity index is 397. The summed E-state index contributed by atoms with van der Waals surface area (Å²) in [6, 6.07) is 5.41. The van der Waals surface area contributed by atoms with E-state index in [1.807, 2.05) is 14.0 Å². The van der Waals surface area contributed by atoms with Crippen LogP contribution in [-0.2, 0) is 5.60 Å². The van der Waals surface area contributed by atoms with Crippen LogP contribution in [-0.4, -0.2) is 18.2 Å². The van der Waals surface area contributed by atoms with Gasteiger partial charge >= 0.3 is 0 Å². The molecule has 0 atom stereocenters. The molecular formula is C14H20FNO. The van der Waals surface area contributed by atoms with Crippen molar-refractivity contribution in [3.63, 3.8) is 0 Å². The molecule has 1 saturated carbocycles. The average Bonchev–Trinajstić information content (AvgIpc) is 2.33. The SMILES string of the molecule is CNC1CCC(O)(c2cc(C)ccc2F)CC1. The Morgan fingerprint density at radius 1 is 1.35 bits per heavy atom. The van der Waals surface area contributed by atoms with Crippen LogP contribution < -0.4 is 5.32 Å². The summed E-state index contributed by atoms with van der Waals surface area (Å²) in [7, 11) is 1.93. The third-order valence-electron chi connectivity index (χ3n) is 3.84. The van der Waals surface area contributed by atoms with Crippen LogP contribution in [0.4, 0.5) is 4.39 Å². The van der Waals surface area contributed by atoms with E-state index in [0.29, 0.717) is 24.4 Å². The van der Waals surface area contributed by atoms with Crippen molar-refractivity contribution in [2.45, 2.75) is 44.2 Å². The summed E-state index contributed by atoms with van der Waals surface area (Å²) < 4.78 is 13.8. The highest BCUT2D eigenvalue weighted by Gasteiger charge is 2.36. The van der Waals surface area contributed by atoms with Crippen LogP contribution in [0.1, 0.15) is 36.8 Å². The van der Waals surface area contributed by atoms with Gasteiger partial charge in [0.1, 0.15) is 5.82 Å². The number of hydrogen-bond donors (Lipinski definition) is 2. The highest BCUT2D eigenvalue weighted by Crippen LogP contribution is 2.38. The van der Waals surface area contributed by atoms with Gasteiger partial charge in [-0.1, -0.05) is 17.7 Å². The Morgan fingerprint density at radius 2 is 2.00 bits per heavy atom. The quantitative estimate of drug-likeness (QED) is 0.828. The van der Waals surface area contributed by atoms with Crippen molar-refractivity contribution in [1.82, 2.24) is 5.32 Å². The molecule has 1 aliphatic rings. The molecular weight excluding hydrogens is 217 g/mol. The normalized spacial score (nSPS) is 29.3. The lowest BCUT2D eigenvalue weighted by Crippen LogP contribution is -2.38. The first-order valence-electron chi connectivity index (χ1n) is 6.21. The zero-order chi connectivity index (χ0) is 12.5. The Morgan fingerprint density at radius 3 is 2.59 bits per heavy atom. The van der Waals surface area contributed by atoms with Crippen molar-refractivity contribution in [1.29, 1.82) is 0 Å². The molecule has 0 heterocycles. The zero-order valence-corrected chi connectivity index (χ0v) is 10.5. The molecule has 2 rings (SSSR count). The van der Waals surface area contributed by atoms with Gasteiger partial charge in [0.15, 0.2) is 0 Å². The van der Waals surface area contributed by atoms with Crippen molar-refractivity contribution in [3.05, 3.63) is 35.1 Å². The van der Waals surface area contributed by atoms with Crippen molar-refractivity contribution < 1.29 is 9.50 Å². The van der Waals surface area contributed by atoms with Gasteiger partial charge in [-0.15, -0.1) is 0 Å². The van der Waals surface area contributed by atoms with Crippen molar-refractivity contribution in [2.75, 3.05) is 7.05 Å². The Kier molecular flexibility index (Phi) is 3.50. The number of rotatable bonds is 2. The van der Waals surface area contributed by atoms with Gasteiger partial charge < -0.3 is 10.4 Å². The monoisotopic (exact) mass is 237 g/mol. The predicted molar refractivity (Wildman–Crippen MR) is 66.3 cm³/mol. The largest absolute Gasteiger partial charge is 0.385 e. The molecule has 3 heteroatoms. The van der Waals surface area contributed by atoms with Gasteiger partial charge in [-0.2, -0.15) is 0 Å². The van der Waals surface area contributed by atoms with Crippen LogP contribution in [0.15, 0.2) is 18.2 Å². The van der Waals surface area contributed by atoms with E-state index in [0.717, 1.165) is 18.4 Å². The molecule has 0 unspecified atom stereocenters. The number of aryl methyl sites for hydroxylation is 1. The van der Waals surface area contributed by atoms with E-state index in [9.17, 15) is 9.50 Å². The van der Waals surface area contributed by atoms with E-state index in [1.54, 1.807) is 12.1 Å². The van der Waals surface area contributed by atoms with E-state index >= 15 is 0 Å². The topological polar surface area (TPSA) is 32.3 Å². The van der Waals surface area contributed by atoms with Crippen LogP contribution in [0.5, 0.6) is 0 Å². The van der Waals surface area contributed by atoms with Crippen LogP contribution in [0.2, 0.25) is 0 Å². The van der Waals surface area contributed by atoms with Crippen LogP contribution in [0, 0.1) is 12.7 Å². The summed E-state index contributed by atoms with van der Waals surface area (Å²) in [6.07, 6.45) is 3.03. The molecule has 1 aliphatic carbocycles. The van der Waals surface area contributed by atoms with E-state index < -0.39 is 5.60 Å². The minimum absolute atomic E-state index is 0.291. The number of aliphatic hydroxyl groups is 1. The molecule has 0 spiro atoms. The molecule has 17 heavy (non-hydrogen) atoms. The smallest absolute Gasteiger partial charge is 0.129 e. The van der Waals surface area contributed by atoms with Crippen LogP contribution in [0.3, 0.4) is 0 Å². The standard InChI is InChI=1S/C14H20FNO/c1-10-3-4-13(15)12(9-10)14(17)7-5-11(16-2)6-8-14/h3-4,9,11,16-17H,5-8H2,1-2H3. The Balaban J connectivity index is 2.24. The third kappa shape index (κ3) is 2.50. The minimum Gasteiger partial charge on any atom is -0.385 e. The summed E-state index contributed by atoms with van der Waals surface area (Å²) in [4.78, 5) is 0. The van der Waals surface area contributed by atoms with Gasteiger partial charge in [-0.05, 0) is 45.7 Å². The fourth-order valence-corrected chi connectivity index (χ4v) is 2.65. The molecule has 0 aromatic heterocycles. The summed E-state index contributed by atoms with van der Waals surface area (Å²) in [5.74, 6) is -0.291. The summed E-state index contributed by atoms with van der Waals surface area (Å²) in [5, 5.41) is 13.8. The van der Waals surface area contributed by atoms with Crippen molar-refractivity contribution in [2.24, 2.45) is 0 Å². The maximum absolute atomic E-state index is 13.8. The Labute approximate surface area is 102 Å². The molecule has 0 bridgehead atoms. The lowest BCUT2D eigenvalue weighted by Gasteiger charge is -2.36. The first-order valence-corrected chi connectivity index (χ1v) is 6.21. The van der Waals surface area contributed by atoms with E-state index in [2.05, 4.69) is 5.32 Å². The van der Waals surface area contributed by atoms with Crippen LogP contribution in [0.25, 0.3) is 0 Å². The molecule has 1 aromatic rings. The fraction of sp³-hybridized carbons (Fsp3) is 0.571. The molecule has 0 saturated heterocycles. The second-order valence-electron chi connectivity index (χ2n) is 5.08. The average molecular weight is 237 g/mol. The first-order chi connectivity index (χ1) is 8.05. The van der Waals surface area contributed by atoms with Gasteiger partial charge in [0, 0.05) is 11.6 Å². The Hall–Kier alpha value is -0.930. The molecule has 0 amide bonds. The third-order valence-corrected chi connectivity index (χ3v) is 3.84. The van der Waals surface area contributed by atoms with Gasteiger partial charge in [-0.25, -0.2) is 4.39 Å². The molecule has 0 aliphatic heterocycles. The second-order valence-corrected chi connectivity index (χ2v) is 5.08. The highest BCUT2D eigenvalue weighted by atomic mass is 19.1. The van der Waals surface area contributed by atoms with E-state index in [-0.39, 0.29) is 5.82 Å². The van der Waals surface area contributed by atoms with Crippen molar-refractivity contribution in [3.8, 4) is 0 Å². The van der Waals surface area contributed by atoms with Gasteiger partial charge in [0.25, 0.3) is 0 Å². The minimum atomic E-state index is -0.983. The fourth-order valence-electron chi connectivity index (χ4n) is 2.65. The number of nitrogens with one attached hydrogen (secondary N) is 1. The first kappa shape index (κ1) is 12.5. The maximum Gasteiger partial charge on any atom is 0.129 e. The van der Waals surface area contributed by atoms with E-state index in [1.165, 1.54) is 6.07 Å². The molecule has 1 fully saturated rings. The number of hydrogen-bond acceptors (Lipinski definition) is 2. The van der Waals surface area contributed by atoms with E-state index in [4.69, 9.17) is 0 Å². The summed E-state index contributed by atoms with van der Waals surface area (Å²) >= 11 is 0. The van der Waals surface area contributed by atoms with Crippen molar-refractivity contribution >= 4 is 0 Å². The lowest BCUT2D eigenvalue weighted by atomic mass is 9.77. The molecule has 2 nitrogen and oxygen atoms in total. The predicted octanol–water partition coefficient (Wildman–Crippen LogP) is 2.48. The highest BCUT2D eigenvalue weighted by molar-refractivity contribution is 5.29. The summed E-state index contributed by atoms with van der Waals surface area (Å²) in [6.45, 7) is 1.92. The zero-order valence-electron chi connectivity index (χ0n) is 10.5. The number of benzene rings is 1. The summed E-state index contributed by atoms with van der Waals surface area (Å²) in [5.41, 5.74) is 0.473. The second kappa shape index (κ2) is 4.75. The van der Waals surface area contributed by atoms with Gasteiger partial charge in [0.2, 0.25) is 0 Å². The maximum atomic E-state index is 13.8. The van der Waals surface area contributed by atoms with Crippen LogP contribution >= 0.6 is 0 Å². The molecule has 1 aromatic carbocycles. The van der Waals surface area contributed by atoms with Gasteiger partial charge in [-0.3, -0.25) is 0 Å². The number of halogens is 1.